The van der Waals surface area contributed by atoms with Crippen LogP contribution in [0.25, 0.3) is 0 Å². The molecule has 0 radical (unpaired) electrons. The lowest BCUT2D eigenvalue weighted by atomic mass is 10.2. The van der Waals surface area contributed by atoms with Gasteiger partial charge in [-0.1, -0.05) is 22.0 Å². The molecular weight excluding hydrogens is 272 g/mol. The summed E-state index contributed by atoms with van der Waals surface area (Å²) in [5.74, 6) is 0. The Kier molecular flexibility index (Phi) is 3.26. The van der Waals surface area contributed by atoms with Crippen LogP contribution in [0.4, 0.5) is 5.69 Å². The molecule has 1 aromatic carbocycles. The van der Waals surface area contributed by atoms with Crippen LogP contribution >= 0.6 is 28.1 Å². The standard InChI is InChI=1S/C11H13BrN2S/c1-7-2-3-8(12)6-10(7)14-11(15)13-9-4-5-9/h2-3,6,9H,4-5H2,1H3,(H2,13,14,15). The number of hydrogen-bond acceptors (Lipinski definition) is 1. The van der Waals surface area contributed by atoms with Crippen molar-refractivity contribution in [2.45, 2.75) is 25.8 Å². The van der Waals surface area contributed by atoms with Crippen molar-refractivity contribution >= 4 is 38.9 Å². The van der Waals surface area contributed by atoms with Crippen LogP contribution in [0.5, 0.6) is 0 Å². The highest BCUT2D eigenvalue weighted by Crippen LogP contribution is 2.22. The molecular formula is C11H13BrN2S. The molecule has 0 bridgehead atoms. The van der Waals surface area contributed by atoms with E-state index in [-0.39, 0.29) is 0 Å². The Bertz CT molecular complexity index is 388. The van der Waals surface area contributed by atoms with Crippen molar-refractivity contribution in [3.8, 4) is 0 Å². The van der Waals surface area contributed by atoms with Gasteiger partial charge < -0.3 is 10.6 Å². The van der Waals surface area contributed by atoms with Crippen molar-refractivity contribution < 1.29 is 0 Å². The Balaban J connectivity index is 2.01. The van der Waals surface area contributed by atoms with Crippen molar-refractivity contribution in [2.24, 2.45) is 0 Å². The second-order valence-corrected chi connectivity index (χ2v) is 5.16. The van der Waals surface area contributed by atoms with Gasteiger partial charge in [-0.05, 0) is 49.7 Å². The third-order valence-corrected chi connectivity index (χ3v) is 3.07. The Morgan fingerprint density at radius 1 is 1.47 bits per heavy atom. The first-order valence-corrected chi connectivity index (χ1v) is 6.19. The lowest BCUT2D eigenvalue weighted by Crippen LogP contribution is -2.30. The molecule has 1 aliphatic carbocycles. The Morgan fingerprint density at radius 2 is 2.20 bits per heavy atom. The monoisotopic (exact) mass is 284 g/mol. The fraction of sp³-hybridized carbons (Fsp3) is 0.364. The molecule has 0 spiro atoms. The topological polar surface area (TPSA) is 24.1 Å². The minimum Gasteiger partial charge on any atom is -0.360 e. The number of halogens is 1. The zero-order valence-corrected chi connectivity index (χ0v) is 10.9. The molecule has 0 amide bonds. The lowest BCUT2D eigenvalue weighted by molar-refractivity contribution is 0.919. The summed E-state index contributed by atoms with van der Waals surface area (Å²) in [6.45, 7) is 2.06. The number of aryl methyl sites for hydroxylation is 1. The molecule has 0 unspecified atom stereocenters. The first kappa shape index (κ1) is 10.9. The van der Waals surface area contributed by atoms with Gasteiger partial charge in [-0.3, -0.25) is 0 Å². The van der Waals surface area contributed by atoms with Crippen molar-refractivity contribution in [3.05, 3.63) is 28.2 Å². The van der Waals surface area contributed by atoms with Gasteiger partial charge in [-0.2, -0.15) is 0 Å². The lowest BCUT2D eigenvalue weighted by Gasteiger charge is -2.12. The number of thiocarbonyl (C=S) groups is 1. The molecule has 80 valence electrons. The second kappa shape index (κ2) is 4.49. The van der Waals surface area contributed by atoms with Crippen molar-refractivity contribution in [1.29, 1.82) is 0 Å². The maximum atomic E-state index is 5.22. The summed E-state index contributed by atoms with van der Waals surface area (Å²) in [5, 5.41) is 7.19. The third kappa shape index (κ3) is 3.18. The van der Waals surface area contributed by atoms with Crippen LogP contribution in [0.3, 0.4) is 0 Å². The molecule has 1 fully saturated rings. The Hall–Kier alpha value is -0.610. The highest BCUT2D eigenvalue weighted by atomic mass is 79.9. The van der Waals surface area contributed by atoms with Crippen LogP contribution in [-0.4, -0.2) is 11.2 Å². The molecule has 2 N–H and O–H groups in total. The van der Waals surface area contributed by atoms with Crippen LogP contribution in [0, 0.1) is 6.92 Å². The molecule has 1 aliphatic rings. The summed E-state index contributed by atoms with van der Waals surface area (Å²) in [7, 11) is 0. The van der Waals surface area contributed by atoms with Crippen LogP contribution < -0.4 is 10.6 Å². The summed E-state index contributed by atoms with van der Waals surface area (Å²) in [5.41, 5.74) is 2.25. The van der Waals surface area contributed by atoms with E-state index in [0.717, 1.165) is 15.3 Å². The van der Waals surface area contributed by atoms with Gasteiger partial charge in [-0.25, -0.2) is 0 Å². The molecule has 0 aromatic heterocycles. The Morgan fingerprint density at radius 3 is 2.87 bits per heavy atom. The highest BCUT2D eigenvalue weighted by molar-refractivity contribution is 9.10. The number of nitrogens with one attached hydrogen (secondary N) is 2. The maximum Gasteiger partial charge on any atom is 0.171 e. The van der Waals surface area contributed by atoms with E-state index in [2.05, 4.69) is 39.6 Å². The minimum atomic E-state index is 0.595. The zero-order chi connectivity index (χ0) is 10.8. The fourth-order valence-corrected chi connectivity index (χ4v) is 1.94. The van der Waals surface area contributed by atoms with E-state index in [0.29, 0.717) is 6.04 Å². The average Bonchev–Trinajstić information content (AvgIpc) is 2.95. The first-order valence-electron chi connectivity index (χ1n) is 4.99. The minimum absolute atomic E-state index is 0.595. The second-order valence-electron chi connectivity index (χ2n) is 3.83. The van der Waals surface area contributed by atoms with Gasteiger partial charge in [0.15, 0.2) is 5.11 Å². The molecule has 1 aromatic rings. The zero-order valence-electron chi connectivity index (χ0n) is 8.51. The smallest absolute Gasteiger partial charge is 0.171 e. The summed E-state index contributed by atoms with van der Waals surface area (Å²) in [6.07, 6.45) is 2.47. The summed E-state index contributed by atoms with van der Waals surface area (Å²) < 4.78 is 1.06. The number of hydrogen-bond donors (Lipinski definition) is 2. The van der Waals surface area contributed by atoms with Crippen molar-refractivity contribution in [3.63, 3.8) is 0 Å². The summed E-state index contributed by atoms with van der Waals surface area (Å²) in [4.78, 5) is 0. The van der Waals surface area contributed by atoms with E-state index in [9.17, 15) is 0 Å². The van der Waals surface area contributed by atoms with Crippen LogP contribution in [-0.2, 0) is 0 Å². The van der Waals surface area contributed by atoms with E-state index in [1.54, 1.807) is 0 Å². The van der Waals surface area contributed by atoms with E-state index in [1.807, 2.05) is 12.1 Å². The molecule has 15 heavy (non-hydrogen) atoms. The SMILES string of the molecule is Cc1ccc(Br)cc1NC(=S)NC1CC1. The van der Waals surface area contributed by atoms with Gasteiger partial charge in [0.2, 0.25) is 0 Å². The van der Waals surface area contributed by atoms with Gasteiger partial charge in [-0.15, -0.1) is 0 Å². The molecule has 0 aliphatic heterocycles. The predicted octanol–water partition coefficient (Wildman–Crippen LogP) is 3.21. The molecule has 0 heterocycles. The normalized spacial score (nSPS) is 14.8. The molecule has 4 heteroatoms. The van der Waals surface area contributed by atoms with E-state index < -0.39 is 0 Å². The van der Waals surface area contributed by atoms with Crippen molar-refractivity contribution in [1.82, 2.24) is 5.32 Å². The first-order chi connectivity index (χ1) is 7.15. The fourth-order valence-electron chi connectivity index (χ4n) is 1.30. The van der Waals surface area contributed by atoms with Gasteiger partial charge in [0.1, 0.15) is 0 Å². The maximum absolute atomic E-state index is 5.22. The third-order valence-electron chi connectivity index (χ3n) is 2.36. The summed E-state index contributed by atoms with van der Waals surface area (Å²) in [6, 6.07) is 6.72. The van der Waals surface area contributed by atoms with Crippen LogP contribution in [0.1, 0.15) is 18.4 Å². The largest absolute Gasteiger partial charge is 0.360 e. The number of anilines is 1. The molecule has 0 atom stereocenters. The van der Waals surface area contributed by atoms with Gasteiger partial charge in [0.05, 0.1) is 0 Å². The quantitative estimate of drug-likeness (QED) is 0.816. The van der Waals surface area contributed by atoms with E-state index in [1.165, 1.54) is 18.4 Å². The highest BCUT2D eigenvalue weighted by Gasteiger charge is 2.21. The average molecular weight is 285 g/mol. The van der Waals surface area contributed by atoms with Gasteiger partial charge in [0, 0.05) is 16.2 Å². The van der Waals surface area contributed by atoms with Crippen molar-refractivity contribution in [2.75, 3.05) is 5.32 Å². The predicted molar refractivity (Wildman–Crippen MR) is 71.3 cm³/mol. The van der Waals surface area contributed by atoms with Crippen LogP contribution in [0.15, 0.2) is 22.7 Å². The molecule has 0 saturated heterocycles. The molecule has 2 rings (SSSR count). The van der Waals surface area contributed by atoms with E-state index in [4.69, 9.17) is 12.2 Å². The van der Waals surface area contributed by atoms with E-state index >= 15 is 0 Å². The van der Waals surface area contributed by atoms with Gasteiger partial charge >= 0.3 is 0 Å². The summed E-state index contributed by atoms with van der Waals surface area (Å²) >= 11 is 8.66. The Labute approximate surface area is 104 Å². The van der Waals surface area contributed by atoms with Crippen LogP contribution in [0.2, 0.25) is 0 Å². The van der Waals surface area contributed by atoms with Gasteiger partial charge in [0.25, 0.3) is 0 Å². The molecule has 2 nitrogen and oxygen atoms in total. The number of benzene rings is 1. The molecule has 1 saturated carbocycles. The number of rotatable bonds is 2.